The minimum absolute atomic E-state index is 0.107. The van der Waals surface area contributed by atoms with E-state index in [1.165, 1.54) is 11.8 Å². The first-order valence-corrected chi connectivity index (χ1v) is 12.5. The summed E-state index contributed by atoms with van der Waals surface area (Å²) < 4.78 is 12.8. The average Bonchev–Trinajstić information content (AvgIpc) is 3.55. The summed E-state index contributed by atoms with van der Waals surface area (Å²) in [5.41, 5.74) is 2.80. The van der Waals surface area contributed by atoms with Crippen molar-refractivity contribution in [2.45, 2.75) is 25.5 Å². The van der Waals surface area contributed by atoms with Crippen LogP contribution in [0.4, 0.5) is 11.4 Å². The van der Waals surface area contributed by atoms with Gasteiger partial charge in [0, 0.05) is 30.0 Å². The quantitative estimate of drug-likeness (QED) is 0.290. The van der Waals surface area contributed by atoms with Gasteiger partial charge >= 0.3 is 0 Å². The number of ether oxygens (including phenoxy) is 1. The zero-order chi connectivity index (χ0) is 24.6. The summed E-state index contributed by atoms with van der Waals surface area (Å²) in [4.78, 5) is 14.9. The van der Waals surface area contributed by atoms with E-state index in [9.17, 15) is 4.79 Å². The van der Waals surface area contributed by atoms with E-state index in [2.05, 4.69) is 34.3 Å². The molecule has 2 heterocycles. The number of furan rings is 1. The molecule has 0 aliphatic heterocycles. The lowest BCUT2D eigenvalue weighted by atomic mass is 10.2. The maximum atomic E-state index is 12.7. The van der Waals surface area contributed by atoms with Crippen LogP contribution in [-0.4, -0.2) is 46.6 Å². The van der Waals surface area contributed by atoms with Gasteiger partial charge in [-0.2, -0.15) is 0 Å². The van der Waals surface area contributed by atoms with Crippen LogP contribution in [0.3, 0.4) is 0 Å². The molecule has 0 saturated carbocycles. The number of anilines is 2. The first kappa shape index (κ1) is 24.4. The normalized spacial score (nSPS) is 10.8. The highest BCUT2D eigenvalue weighted by Gasteiger charge is 2.17. The fourth-order valence-electron chi connectivity index (χ4n) is 3.72. The molecule has 4 aromatic rings. The highest BCUT2D eigenvalue weighted by molar-refractivity contribution is 7.99. The molecule has 0 saturated heterocycles. The largest absolute Gasteiger partial charge is 0.497 e. The van der Waals surface area contributed by atoms with Gasteiger partial charge in [-0.15, -0.1) is 10.2 Å². The second-order valence-electron chi connectivity index (χ2n) is 7.76. The lowest BCUT2D eigenvalue weighted by Gasteiger charge is -2.21. The lowest BCUT2D eigenvalue weighted by molar-refractivity contribution is -0.113. The molecule has 0 atom stereocenters. The standard InChI is InChI=1S/C26H29N5O3S/c1-4-30(5-2)21-12-10-20(11-13-21)27-24(32)18-35-26-29-28-25(19-8-14-22(33-3)15-9-19)31(26)17-23-7-6-16-34-23/h6-16H,4-5,17-18H2,1-3H3,(H,27,32). The van der Waals surface area contributed by atoms with Crippen LogP contribution >= 0.6 is 11.8 Å². The van der Waals surface area contributed by atoms with Crippen molar-refractivity contribution >= 4 is 29.0 Å². The number of carbonyl (C=O) groups is 1. The summed E-state index contributed by atoms with van der Waals surface area (Å²) in [7, 11) is 1.63. The van der Waals surface area contributed by atoms with Crippen LogP contribution in [0.2, 0.25) is 0 Å². The molecule has 0 spiro atoms. The van der Waals surface area contributed by atoms with E-state index in [-0.39, 0.29) is 11.7 Å². The summed E-state index contributed by atoms with van der Waals surface area (Å²) in [6.45, 7) is 6.59. The summed E-state index contributed by atoms with van der Waals surface area (Å²) in [6, 6.07) is 19.3. The van der Waals surface area contributed by atoms with Gasteiger partial charge in [0.05, 0.1) is 25.7 Å². The molecule has 182 valence electrons. The highest BCUT2D eigenvalue weighted by Crippen LogP contribution is 2.27. The van der Waals surface area contributed by atoms with Crippen LogP contribution in [0.25, 0.3) is 11.4 Å². The van der Waals surface area contributed by atoms with Crippen LogP contribution < -0.4 is 15.0 Å². The monoisotopic (exact) mass is 491 g/mol. The van der Waals surface area contributed by atoms with Gasteiger partial charge < -0.3 is 19.4 Å². The topological polar surface area (TPSA) is 85.4 Å². The molecule has 1 amide bonds. The minimum atomic E-state index is -0.107. The van der Waals surface area contributed by atoms with Crippen molar-refractivity contribution in [3.8, 4) is 17.1 Å². The summed E-state index contributed by atoms with van der Waals surface area (Å²) in [5.74, 6) is 2.33. The number of nitrogens with one attached hydrogen (secondary N) is 1. The van der Waals surface area contributed by atoms with Crippen LogP contribution in [0.5, 0.6) is 5.75 Å². The van der Waals surface area contributed by atoms with E-state index in [1.54, 1.807) is 13.4 Å². The first-order valence-electron chi connectivity index (χ1n) is 11.5. The molecule has 0 fully saturated rings. The second kappa shape index (κ2) is 11.6. The number of carbonyl (C=O) groups excluding carboxylic acids is 1. The minimum Gasteiger partial charge on any atom is -0.497 e. The molecular weight excluding hydrogens is 462 g/mol. The Morgan fingerprint density at radius 2 is 1.80 bits per heavy atom. The Labute approximate surface area is 209 Å². The zero-order valence-electron chi connectivity index (χ0n) is 20.1. The Bertz CT molecular complexity index is 1220. The van der Waals surface area contributed by atoms with Crippen molar-refractivity contribution in [3.05, 3.63) is 72.7 Å². The van der Waals surface area contributed by atoms with Gasteiger partial charge in [-0.05, 0) is 74.5 Å². The Hall–Kier alpha value is -3.72. The van der Waals surface area contributed by atoms with Gasteiger partial charge in [-0.3, -0.25) is 9.36 Å². The third-order valence-electron chi connectivity index (χ3n) is 5.57. The maximum Gasteiger partial charge on any atom is 0.234 e. The van der Waals surface area contributed by atoms with Gasteiger partial charge in [-0.1, -0.05) is 11.8 Å². The third kappa shape index (κ3) is 6.05. The smallest absolute Gasteiger partial charge is 0.234 e. The molecule has 0 aliphatic rings. The molecule has 4 rings (SSSR count). The third-order valence-corrected chi connectivity index (χ3v) is 6.54. The predicted octanol–water partition coefficient (Wildman–Crippen LogP) is 5.17. The molecule has 35 heavy (non-hydrogen) atoms. The van der Waals surface area contributed by atoms with E-state index < -0.39 is 0 Å². The summed E-state index contributed by atoms with van der Waals surface area (Å²) in [5, 5.41) is 12.4. The molecule has 0 bridgehead atoms. The lowest BCUT2D eigenvalue weighted by Crippen LogP contribution is -2.21. The van der Waals surface area contributed by atoms with Crippen molar-refractivity contribution in [3.63, 3.8) is 0 Å². The Morgan fingerprint density at radius 3 is 2.43 bits per heavy atom. The molecule has 0 unspecified atom stereocenters. The van der Waals surface area contributed by atoms with E-state index >= 15 is 0 Å². The molecule has 9 heteroatoms. The molecule has 0 radical (unpaired) electrons. The van der Waals surface area contributed by atoms with Gasteiger partial charge in [0.25, 0.3) is 0 Å². The van der Waals surface area contributed by atoms with Crippen molar-refractivity contribution in [2.75, 3.05) is 36.2 Å². The van der Waals surface area contributed by atoms with Crippen LogP contribution in [0, 0.1) is 0 Å². The van der Waals surface area contributed by atoms with Crippen molar-refractivity contribution in [1.82, 2.24) is 14.8 Å². The Kier molecular flexibility index (Phi) is 8.10. The molecule has 1 N–H and O–H groups in total. The van der Waals surface area contributed by atoms with Gasteiger partial charge in [0.2, 0.25) is 5.91 Å². The summed E-state index contributed by atoms with van der Waals surface area (Å²) in [6.07, 6.45) is 1.64. The highest BCUT2D eigenvalue weighted by atomic mass is 32.2. The van der Waals surface area contributed by atoms with E-state index in [0.717, 1.165) is 41.5 Å². The number of benzene rings is 2. The molecule has 8 nitrogen and oxygen atoms in total. The van der Waals surface area contributed by atoms with E-state index in [0.29, 0.717) is 17.5 Å². The zero-order valence-corrected chi connectivity index (χ0v) is 20.9. The first-order chi connectivity index (χ1) is 17.1. The fraction of sp³-hybridized carbons (Fsp3) is 0.269. The number of nitrogens with zero attached hydrogens (tertiary/aromatic N) is 4. The number of thioether (sulfide) groups is 1. The van der Waals surface area contributed by atoms with Gasteiger partial charge in [0.1, 0.15) is 11.5 Å². The van der Waals surface area contributed by atoms with Crippen molar-refractivity contribution in [2.24, 2.45) is 0 Å². The van der Waals surface area contributed by atoms with Crippen LogP contribution in [0.15, 0.2) is 76.5 Å². The van der Waals surface area contributed by atoms with Crippen molar-refractivity contribution < 1.29 is 13.9 Å². The number of hydrogen-bond donors (Lipinski definition) is 1. The SMILES string of the molecule is CCN(CC)c1ccc(NC(=O)CSc2nnc(-c3ccc(OC)cc3)n2Cc2ccco2)cc1. The summed E-state index contributed by atoms with van der Waals surface area (Å²) >= 11 is 1.34. The number of rotatable bonds is 11. The van der Waals surface area contributed by atoms with Crippen molar-refractivity contribution in [1.29, 1.82) is 0 Å². The van der Waals surface area contributed by atoms with E-state index in [4.69, 9.17) is 9.15 Å². The number of hydrogen-bond acceptors (Lipinski definition) is 7. The van der Waals surface area contributed by atoms with Gasteiger partial charge in [-0.25, -0.2) is 0 Å². The number of amides is 1. The maximum absolute atomic E-state index is 12.7. The van der Waals surface area contributed by atoms with E-state index in [1.807, 2.05) is 65.2 Å². The molecule has 0 aliphatic carbocycles. The Morgan fingerprint density at radius 1 is 1.06 bits per heavy atom. The van der Waals surface area contributed by atoms with Crippen LogP contribution in [-0.2, 0) is 11.3 Å². The average molecular weight is 492 g/mol. The predicted molar refractivity (Wildman–Crippen MR) is 139 cm³/mol. The van der Waals surface area contributed by atoms with Crippen LogP contribution in [0.1, 0.15) is 19.6 Å². The Balaban J connectivity index is 1.46. The fourth-order valence-corrected chi connectivity index (χ4v) is 4.46. The molecule has 2 aromatic heterocycles. The van der Waals surface area contributed by atoms with Gasteiger partial charge in [0.15, 0.2) is 11.0 Å². The number of methoxy groups -OCH3 is 1. The molecular formula is C26H29N5O3S. The molecule has 2 aromatic carbocycles. The number of aromatic nitrogens is 3. The second-order valence-corrected chi connectivity index (χ2v) is 8.70.